The zero-order valence-corrected chi connectivity index (χ0v) is 12.8. The van der Waals surface area contributed by atoms with Gasteiger partial charge in [-0.25, -0.2) is 4.39 Å². The molecule has 0 radical (unpaired) electrons. The third kappa shape index (κ3) is 3.31. The summed E-state index contributed by atoms with van der Waals surface area (Å²) in [4.78, 5) is 19.1. The topological polar surface area (TPSA) is 39.3 Å². The van der Waals surface area contributed by atoms with Crippen LogP contribution in [0.1, 0.15) is 16.1 Å². The molecule has 2 aromatic rings. The number of H-pyrrole nitrogens is 1. The van der Waals surface area contributed by atoms with Crippen molar-refractivity contribution in [2.75, 3.05) is 26.2 Å². The third-order valence-electron chi connectivity index (χ3n) is 3.89. The van der Waals surface area contributed by atoms with Crippen molar-refractivity contribution in [2.24, 2.45) is 0 Å². The molecule has 1 aromatic carbocycles. The van der Waals surface area contributed by atoms with Crippen LogP contribution in [0.2, 0.25) is 5.02 Å². The fraction of sp³-hybridized carbons (Fsp3) is 0.312. The van der Waals surface area contributed by atoms with Crippen molar-refractivity contribution in [3.63, 3.8) is 0 Å². The molecule has 0 saturated carbocycles. The molecule has 6 heteroatoms. The van der Waals surface area contributed by atoms with Crippen LogP contribution in [0.25, 0.3) is 0 Å². The van der Waals surface area contributed by atoms with Gasteiger partial charge in [-0.3, -0.25) is 9.69 Å². The highest BCUT2D eigenvalue weighted by atomic mass is 35.5. The zero-order chi connectivity index (χ0) is 15.5. The summed E-state index contributed by atoms with van der Waals surface area (Å²) in [5.41, 5.74) is 1.20. The van der Waals surface area contributed by atoms with Gasteiger partial charge in [0.05, 0.1) is 5.02 Å². The molecule has 1 N–H and O–H groups in total. The molecule has 0 unspecified atom stereocenters. The van der Waals surface area contributed by atoms with E-state index in [1.807, 2.05) is 6.07 Å². The van der Waals surface area contributed by atoms with Crippen LogP contribution >= 0.6 is 11.6 Å². The first-order valence-corrected chi connectivity index (χ1v) is 7.60. The number of carbonyl (C=O) groups excluding carboxylic acids is 1. The van der Waals surface area contributed by atoms with Crippen molar-refractivity contribution in [1.29, 1.82) is 0 Å². The Bertz CT molecular complexity index is 665. The summed E-state index contributed by atoms with van der Waals surface area (Å²) in [6.07, 6.45) is 1.60. The Morgan fingerprint density at radius 1 is 1.23 bits per heavy atom. The first-order valence-electron chi connectivity index (χ1n) is 7.22. The number of aromatic amines is 1. The van der Waals surface area contributed by atoms with Gasteiger partial charge in [0.1, 0.15) is 11.5 Å². The van der Waals surface area contributed by atoms with E-state index in [0.29, 0.717) is 35.9 Å². The second-order valence-corrected chi connectivity index (χ2v) is 5.83. The molecule has 1 aliphatic heterocycles. The number of nitrogens with one attached hydrogen (secondary N) is 1. The Morgan fingerprint density at radius 2 is 1.95 bits per heavy atom. The van der Waals surface area contributed by atoms with Gasteiger partial charge < -0.3 is 9.88 Å². The molecule has 1 aliphatic rings. The molecule has 0 bridgehead atoms. The Kier molecular flexibility index (Phi) is 4.45. The van der Waals surface area contributed by atoms with Gasteiger partial charge in [-0.1, -0.05) is 29.8 Å². The summed E-state index contributed by atoms with van der Waals surface area (Å²) in [6.45, 7) is 3.29. The van der Waals surface area contributed by atoms with Gasteiger partial charge in [-0.15, -0.1) is 0 Å². The number of carbonyl (C=O) groups is 1. The number of halogens is 2. The van der Waals surface area contributed by atoms with Gasteiger partial charge in [0.2, 0.25) is 0 Å². The molecule has 0 aliphatic carbocycles. The molecule has 1 aromatic heterocycles. The van der Waals surface area contributed by atoms with E-state index in [1.54, 1.807) is 29.3 Å². The minimum atomic E-state index is -0.179. The lowest BCUT2D eigenvalue weighted by Gasteiger charge is -2.34. The van der Waals surface area contributed by atoms with Gasteiger partial charge >= 0.3 is 0 Å². The number of nitrogens with zero attached hydrogens (tertiary/aromatic N) is 2. The predicted molar refractivity (Wildman–Crippen MR) is 83.4 cm³/mol. The fourth-order valence-electron chi connectivity index (χ4n) is 2.64. The Morgan fingerprint density at radius 3 is 2.59 bits per heavy atom. The van der Waals surface area contributed by atoms with Gasteiger partial charge in [-0.05, 0) is 12.1 Å². The van der Waals surface area contributed by atoms with Crippen LogP contribution in [-0.4, -0.2) is 46.9 Å². The number of piperazine rings is 1. The highest BCUT2D eigenvalue weighted by molar-refractivity contribution is 6.30. The van der Waals surface area contributed by atoms with Crippen LogP contribution in [0.3, 0.4) is 0 Å². The highest BCUT2D eigenvalue weighted by Gasteiger charge is 2.23. The number of aromatic nitrogens is 1. The van der Waals surface area contributed by atoms with E-state index in [1.165, 1.54) is 6.07 Å². The van der Waals surface area contributed by atoms with E-state index in [-0.39, 0.29) is 11.7 Å². The van der Waals surface area contributed by atoms with Crippen LogP contribution in [0.4, 0.5) is 4.39 Å². The molecule has 2 heterocycles. The van der Waals surface area contributed by atoms with Gasteiger partial charge in [0.15, 0.2) is 0 Å². The Hall–Kier alpha value is -1.85. The Labute approximate surface area is 133 Å². The van der Waals surface area contributed by atoms with Gasteiger partial charge in [-0.2, -0.15) is 0 Å². The summed E-state index contributed by atoms with van der Waals surface area (Å²) in [5.74, 6) is -0.223. The molecular formula is C16H17ClFN3O. The van der Waals surface area contributed by atoms with E-state index >= 15 is 0 Å². The second-order valence-electron chi connectivity index (χ2n) is 5.39. The van der Waals surface area contributed by atoms with Crippen molar-refractivity contribution < 1.29 is 9.18 Å². The van der Waals surface area contributed by atoms with E-state index < -0.39 is 0 Å². The SMILES string of the molecule is O=C(c1cc(Cl)c[nH]1)N1CCN(Cc2ccccc2F)CC1. The van der Waals surface area contributed by atoms with E-state index in [9.17, 15) is 9.18 Å². The number of amides is 1. The van der Waals surface area contributed by atoms with Gasteiger partial charge in [0.25, 0.3) is 5.91 Å². The molecule has 1 saturated heterocycles. The van der Waals surface area contributed by atoms with Crippen molar-refractivity contribution >= 4 is 17.5 Å². The molecule has 116 valence electrons. The van der Waals surface area contributed by atoms with Crippen molar-refractivity contribution in [2.45, 2.75) is 6.54 Å². The first-order chi connectivity index (χ1) is 10.6. The second kappa shape index (κ2) is 6.50. The number of rotatable bonds is 3. The molecule has 0 atom stereocenters. The maximum absolute atomic E-state index is 13.7. The van der Waals surface area contributed by atoms with Crippen LogP contribution in [0.15, 0.2) is 36.5 Å². The first kappa shape index (κ1) is 15.1. The number of hydrogen-bond donors (Lipinski definition) is 1. The largest absolute Gasteiger partial charge is 0.356 e. The lowest BCUT2D eigenvalue weighted by Crippen LogP contribution is -2.48. The average molecular weight is 322 g/mol. The number of hydrogen-bond acceptors (Lipinski definition) is 2. The van der Waals surface area contributed by atoms with Crippen LogP contribution < -0.4 is 0 Å². The molecule has 4 nitrogen and oxygen atoms in total. The normalized spacial score (nSPS) is 16.0. The molecule has 1 amide bonds. The zero-order valence-electron chi connectivity index (χ0n) is 12.1. The quantitative estimate of drug-likeness (QED) is 0.944. The van der Waals surface area contributed by atoms with Crippen LogP contribution in [-0.2, 0) is 6.54 Å². The molecule has 22 heavy (non-hydrogen) atoms. The van der Waals surface area contributed by atoms with Crippen LogP contribution in [0.5, 0.6) is 0 Å². The van der Waals surface area contributed by atoms with E-state index in [4.69, 9.17) is 11.6 Å². The molecule has 3 rings (SSSR count). The summed E-state index contributed by atoms with van der Waals surface area (Å²) < 4.78 is 13.7. The third-order valence-corrected chi connectivity index (χ3v) is 4.11. The maximum Gasteiger partial charge on any atom is 0.270 e. The van der Waals surface area contributed by atoms with Crippen LogP contribution in [0, 0.1) is 5.82 Å². The van der Waals surface area contributed by atoms with E-state index in [0.717, 1.165) is 13.1 Å². The van der Waals surface area contributed by atoms with Crippen molar-refractivity contribution in [3.8, 4) is 0 Å². The summed E-state index contributed by atoms with van der Waals surface area (Å²) in [5, 5.41) is 0.529. The van der Waals surface area contributed by atoms with Gasteiger partial charge in [0, 0.05) is 44.5 Å². The minimum absolute atomic E-state index is 0.0440. The summed E-state index contributed by atoms with van der Waals surface area (Å²) in [6, 6.07) is 8.44. The number of benzene rings is 1. The average Bonchev–Trinajstić information content (AvgIpc) is 2.96. The van der Waals surface area contributed by atoms with E-state index in [2.05, 4.69) is 9.88 Å². The lowest BCUT2D eigenvalue weighted by atomic mass is 10.2. The fourth-order valence-corrected chi connectivity index (χ4v) is 2.80. The molecular weight excluding hydrogens is 305 g/mol. The summed E-state index contributed by atoms with van der Waals surface area (Å²) >= 11 is 5.83. The predicted octanol–water partition coefficient (Wildman–Crippen LogP) is 2.77. The minimum Gasteiger partial charge on any atom is -0.356 e. The monoisotopic (exact) mass is 321 g/mol. The van der Waals surface area contributed by atoms with Crippen molar-refractivity contribution in [1.82, 2.24) is 14.8 Å². The standard InChI is InChI=1S/C16H17ClFN3O/c17-13-9-15(19-10-13)16(22)21-7-5-20(6-8-21)11-12-3-1-2-4-14(12)18/h1-4,9-10,19H,5-8,11H2. The maximum atomic E-state index is 13.7. The van der Waals surface area contributed by atoms with Crippen molar-refractivity contribution in [3.05, 3.63) is 58.6 Å². The Balaban J connectivity index is 1.56. The lowest BCUT2D eigenvalue weighted by molar-refractivity contribution is 0.0622. The summed E-state index contributed by atoms with van der Waals surface area (Å²) in [7, 11) is 0. The highest BCUT2D eigenvalue weighted by Crippen LogP contribution is 2.15. The molecule has 0 spiro atoms. The smallest absolute Gasteiger partial charge is 0.270 e. The molecule has 1 fully saturated rings.